The van der Waals surface area contributed by atoms with Crippen molar-refractivity contribution < 1.29 is 23.6 Å². The molecule has 3 N–H and O–H groups in total. The summed E-state index contributed by atoms with van der Waals surface area (Å²) in [5.41, 5.74) is 7.13. The van der Waals surface area contributed by atoms with Crippen molar-refractivity contribution in [2.75, 3.05) is 26.1 Å². The highest BCUT2D eigenvalue weighted by Crippen LogP contribution is 2.33. The number of ether oxygens (including phenoxy) is 2. The number of aryl methyl sites for hydroxylation is 1. The van der Waals surface area contributed by atoms with Gasteiger partial charge in [-0.1, -0.05) is 22.9 Å². The predicted molar refractivity (Wildman–Crippen MR) is 110 cm³/mol. The monoisotopic (exact) mass is 410 g/mol. The van der Waals surface area contributed by atoms with Crippen molar-refractivity contribution in [1.82, 2.24) is 16.0 Å². The second kappa shape index (κ2) is 9.46. The number of rotatable bonds is 7. The Morgan fingerprint density at radius 3 is 2.47 bits per heavy atom. The molecule has 0 fully saturated rings. The first kappa shape index (κ1) is 20.7. The second-order valence-electron chi connectivity index (χ2n) is 6.36. The van der Waals surface area contributed by atoms with Crippen LogP contribution < -0.4 is 25.6 Å². The Bertz CT molecular complexity index is 1030. The van der Waals surface area contributed by atoms with Crippen LogP contribution in [-0.4, -0.2) is 37.7 Å². The third kappa shape index (κ3) is 5.07. The van der Waals surface area contributed by atoms with Crippen molar-refractivity contribution in [2.45, 2.75) is 6.92 Å². The van der Waals surface area contributed by atoms with E-state index in [0.717, 1.165) is 11.3 Å². The number of methoxy groups -OCH3 is 2. The maximum atomic E-state index is 12.3. The Balaban J connectivity index is 1.57. The molecule has 2 amide bonds. The summed E-state index contributed by atoms with van der Waals surface area (Å²) >= 11 is 0. The van der Waals surface area contributed by atoms with Gasteiger partial charge in [0.2, 0.25) is 0 Å². The largest absolute Gasteiger partial charge is 0.497 e. The van der Waals surface area contributed by atoms with Crippen molar-refractivity contribution in [3.63, 3.8) is 0 Å². The highest BCUT2D eigenvalue weighted by atomic mass is 16.5. The van der Waals surface area contributed by atoms with E-state index in [1.54, 1.807) is 25.3 Å². The van der Waals surface area contributed by atoms with E-state index in [2.05, 4.69) is 21.3 Å². The van der Waals surface area contributed by atoms with E-state index in [0.29, 0.717) is 22.8 Å². The molecule has 3 aromatic rings. The van der Waals surface area contributed by atoms with Crippen LogP contribution in [0.4, 0.5) is 5.69 Å². The zero-order chi connectivity index (χ0) is 21.5. The van der Waals surface area contributed by atoms with Crippen LogP contribution in [0.25, 0.3) is 11.3 Å². The van der Waals surface area contributed by atoms with Crippen LogP contribution in [0.15, 0.2) is 53.1 Å². The van der Waals surface area contributed by atoms with E-state index in [9.17, 15) is 9.59 Å². The molecule has 0 bridgehead atoms. The highest BCUT2D eigenvalue weighted by Gasteiger charge is 2.17. The molecule has 0 saturated carbocycles. The van der Waals surface area contributed by atoms with Gasteiger partial charge in [-0.05, 0) is 37.3 Å². The van der Waals surface area contributed by atoms with Crippen LogP contribution in [0.1, 0.15) is 16.1 Å². The van der Waals surface area contributed by atoms with Gasteiger partial charge in [0.05, 0.1) is 26.3 Å². The molecule has 0 unspecified atom stereocenters. The van der Waals surface area contributed by atoms with Gasteiger partial charge in [-0.25, -0.2) is 0 Å². The van der Waals surface area contributed by atoms with E-state index in [-0.39, 0.29) is 12.2 Å². The number of hydrogen-bond donors (Lipinski definition) is 3. The molecule has 156 valence electrons. The normalized spacial score (nSPS) is 10.2. The van der Waals surface area contributed by atoms with E-state index < -0.39 is 11.8 Å². The molecule has 0 aliphatic rings. The number of hydrazine groups is 1. The average molecular weight is 410 g/mol. The molecule has 2 aromatic carbocycles. The Hall–Kier alpha value is -4.01. The van der Waals surface area contributed by atoms with Gasteiger partial charge in [0.25, 0.3) is 11.8 Å². The first-order valence-electron chi connectivity index (χ1n) is 9.09. The molecule has 9 heteroatoms. The van der Waals surface area contributed by atoms with Gasteiger partial charge in [-0.15, -0.1) is 0 Å². The van der Waals surface area contributed by atoms with Gasteiger partial charge in [0.15, 0.2) is 11.5 Å². The molecule has 0 radical (unpaired) electrons. The molecule has 30 heavy (non-hydrogen) atoms. The van der Waals surface area contributed by atoms with E-state index in [4.69, 9.17) is 14.0 Å². The number of amides is 2. The quantitative estimate of drug-likeness (QED) is 0.513. The molecule has 0 saturated heterocycles. The first-order chi connectivity index (χ1) is 14.5. The summed E-state index contributed by atoms with van der Waals surface area (Å²) in [6.45, 7) is 1.97. The SMILES string of the molecule is COc1ccc(OC)c(-c2cc(C(=O)NNC(=O)CNc3ccc(C)cc3)no2)c1. The van der Waals surface area contributed by atoms with Crippen LogP contribution >= 0.6 is 0 Å². The van der Waals surface area contributed by atoms with E-state index >= 15 is 0 Å². The minimum Gasteiger partial charge on any atom is -0.497 e. The third-order valence-electron chi connectivity index (χ3n) is 4.23. The number of benzene rings is 2. The van der Waals surface area contributed by atoms with Crippen molar-refractivity contribution >= 4 is 17.5 Å². The Morgan fingerprint density at radius 2 is 1.77 bits per heavy atom. The number of anilines is 1. The maximum Gasteiger partial charge on any atom is 0.291 e. The fourth-order valence-electron chi connectivity index (χ4n) is 2.60. The lowest BCUT2D eigenvalue weighted by Crippen LogP contribution is -2.44. The van der Waals surface area contributed by atoms with Crippen molar-refractivity contribution in [2.24, 2.45) is 0 Å². The lowest BCUT2D eigenvalue weighted by molar-refractivity contribution is -0.120. The van der Waals surface area contributed by atoms with Gasteiger partial charge >= 0.3 is 0 Å². The zero-order valence-electron chi connectivity index (χ0n) is 16.8. The Kier molecular flexibility index (Phi) is 6.53. The first-order valence-corrected chi connectivity index (χ1v) is 9.09. The number of carbonyl (C=O) groups excluding carboxylic acids is 2. The van der Waals surface area contributed by atoms with Crippen LogP contribution in [0.5, 0.6) is 11.5 Å². The van der Waals surface area contributed by atoms with Crippen molar-refractivity contribution in [1.29, 1.82) is 0 Å². The number of aromatic nitrogens is 1. The fourth-order valence-corrected chi connectivity index (χ4v) is 2.60. The van der Waals surface area contributed by atoms with Gasteiger partial charge in [0.1, 0.15) is 11.5 Å². The van der Waals surface area contributed by atoms with Gasteiger partial charge in [-0.3, -0.25) is 20.4 Å². The van der Waals surface area contributed by atoms with Crippen LogP contribution in [0.3, 0.4) is 0 Å². The summed E-state index contributed by atoms with van der Waals surface area (Å²) in [6, 6.07) is 14.2. The van der Waals surface area contributed by atoms with Gasteiger partial charge in [0, 0.05) is 11.8 Å². The molecule has 1 heterocycles. The molecular weight excluding hydrogens is 388 g/mol. The maximum absolute atomic E-state index is 12.3. The van der Waals surface area contributed by atoms with Crippen LogP contribution in [-0.2, 0) is 4.79 Å². The van der Waals surface area contributed by atoms with E-state index in [1.165, 1.54) is 13.2 Å². The Morgan fingerprint density at radius 1 is 1.00 bits per heavy atom. The zero-order valence-corrected chi connectivity index (χ0v) is 16.8. The topological polar surface area (TPSA) is 115 Å². The number of carbonyl (C=O) groups is 2. The summed E-state index contributed by atoms with van der Waals surface area (Å²) in [7, 11) is 3.07. The molecule has 0 aliphatic carbocycles. The highest BCUT2D eigenvalue weighted by molar-refractivity contribution is 5.95. The fraction of sp³-hybridized carbons (Fsp3) is 0.190. The van der Waals surface area contributed by atoms with Gasteiger partial charge in [-0.2, -0.15) is 0 Å². The predicted octanol–water partition coefficient (Wildman–Crippen LogP) is 2.54. The third-order valence-corrected chi connectivity index (χ3v) is 4.23. The standard InChI is InChI=1S/C21H22N4O5/c1-13-4-6-14(7-5-13)22-12-20(26)23-24-21(27)17-11-19(30-25-17)16-10-15(28-2)8-9-18(16)29-3/h4-11,22H,12H2,1-3H3,(H,23,26)(H,24,27). The lowest BCUT2D eigenvalue weighted by Gasteiger charge is -2.08. The minimum atomic E-state index is -0.615. The number of hydrogen-bond acceptors (Lipinski definition) is 7. The van der Waals surface area contributed by atoms with Gasteiger partial charge < -0.3 is 19.3 Å². The number of nitrogens with one attached hydrogen (secondary N) is 3. The summed E-state index contributed by atoms with van der Waals surface area (Å²) < 4.78 is 15.8. The molecule has 3 rings (SSSR count). The summed E-state index contributed by atoms with van der Waals surface area (Å²) in [5.74, 6) is 0.428. The van der Waals surface area contributed by atoms with Crippen LogP contribution in [0.2, 0.25) is 0 Å². The molecule has 9 nitrogen and oxygen atoms in total. The molecular formula is C21H22N4O5. The second-order valence-corrected chi connectivity index (χ2v) is 6.36. The average Bonchev–Trinajstić information content (AvgIpc) is 3.27. The molecule has 0 aliphatic heterocycles. The summed E-state index contributed by atoms with van der Waals surface area (Å²) in [5, 5.41) is 6.71. The summed E-state index contributed by atoms with van der Waals surface area (Å²) in [6.07, 6.45) is 0. The molecule has 1 aromatic heterocycles. The van der Waals surface area contributed by atoms with Crippen LogP contribution in [0, 0.1) is 6.92 Å². The van der Waals surface area contributed by atoms with E-state index in [1.807, 2.05) is 31.2 Å². The lowest BCUT2D eigenvalue weighted by atomic mass is 10.1. The molecule has 0 spiro atoms. The minimum absolute atomic E-state index is 0.00154. The number of nitrogens with zero attached hydrogens (tertiary/aromatic N) is 1. The Labute approximate surface area is 173 Å². The summed E-state index contributed by atoms with van der Waals surface area (Å²) in [4.78, 5) is 24.2. The smallest absolute Gasteiger partial charge is 0.291 e. The molecule has 0 atom stereocenters. The van der Waals surface area contributed by atoms with Crippen molar-refractivity contribution in [3.05, 3.63) is 59.8 Å². The van der Waals surface area contributed by atoms with Crippen molar-refractivity contribution in [3.8, 4) is 22.8 Å².